The van der Waals surface area contributed by atoms with Crippen LogP contribution in [0.3, 0.4) is 0 Å². The van der Waals surface area contributed by atoms with Crippen molar-refractivity contribution >= 4 is 12.1 Å². The summed E-state index contributed by atoms with van der Waals surface area (Å²) in [6.45, 7) is 1.58. The number of carbonyl (C=O) groups excluding carboxylic acids is 2. The predicted molar refractivity (Wildman–Crippen MR) is 61.7 cm³/mol. The Hall–Kier alpha value is -2.63. The quantitative estimate of drug-likeness (QED) is 0.644. The molecule has 1 heterocycles. The van der Waals surface area contributed by atoms with E-state index in [2.05, 4.69) is 9.89 Å². The molecule has 0 radical (unpaired) electrons. The molecule has 92 valence electrons. The number of nitrogens with two attached hydrogens (primary N) is 1. The van der Waals surface area contributed by atoms with Crippen LogP contribution in [0, 0.1) is 6.92 Å². The monoisotopic (exact) mass is 246 g/mol. The number of primary amides is 1. The van der Waals surface area contributed by atoms with Gasteiger partial charge in [-0.1, -0.05) is 35.5 Å². The van der Waals surface area contributed by atoms with Crippen LogP contribution in [0.25, 0.3) is 11.3 Å². The number of aromatic nitrogens is 1. The van der Waals surface area contributed by atoms with Crippen LogP contribution >= 0.6 is 0 Å². The summed E-state index contributed by atoms with van der Waals surface area (Å²) in [6, 6.07) is 8.91. The Morgan fingerprint density at radius 3 is 2.56 bits per heavy atom. The van der Waals surface area contributed by atoms with E-state index in [0.717, 1.165) is 0 Å². The molecule has 18 heavy (non-hydrogen) atoms. The third kappa shape index (κ3) is 2.22. The van der Waals surface area contributed by atoms with Crippen molar-refractivity contribution in [3.05, 3.63) is 41.6 Å². The van der Waals surface area contributed by atoms with Crippen LogP contribution in [0.1, 0.15) is 16.1 Å². The molecule has 1 amide bonds. The Bertz CT molecular complexity index is 589. The van der Waals surface area contributed by atoms with E-state index in [4.69, 9.17) is 10.3 Å². The lowest BCUT2D eigenvalue weighted by Gasteiger charge is -2.00. The molecule has 6 nitrogen and oxygen atoms in total. The van der Waals surface area contributed by atoms with Crippen molar-refractivity contribution in [2.24, 2.45) is 5.73 Å². The van der Waals surface area contributed by atoms with Gasteiger partial charge in [-0.2, -0.15) is 0 Å². The molecule has 0 aliphatic carbocycles. The first-order chi connectivity index (χ1) is 8.59. The van der Waals surface area contributed by atoms with E-state index in [9.17, 15) is 9.59 Å². The molecule has 0 spiro atoms. The number of esters is 1. The minimum absolute atomic E-state index is 0.0972. The van der Waals surface area contributed by atoms with Crippen LogP contribution < -0.4 is 5.73 Å². The van der Waals surface area contributed by atoms with Gasteiger partial charge in [-0.25, -0.2) is 9.59 Å². The lowest BCUT2D eigenvalue weighted by atomic mass is 10.1. The average Bonchev–Trinajstić information content (AvgIpc) is 2.71. The number of benzene rings is 1. The van der Waals surface area contributed by atoms with E-state index in [1.807, 2.05) is 6.07 Å². The molecule has 0 fully saturated rings. The first kappa shape index (κ1) is 11.8. The fraction of sp³-hybridized carbons (Fsp3) is 0.0833. The van der Waals surface area contributed by atoms with E-state index in [1.54, 1.807) is 31.2 Å². The summed E-state index contributed by atoms with van der Waals surface area (Å²) in [4.78, 5) is 22.3. The molecule has 2 aromatic rings. The van der Waals surface area contributed by atoms with Gasteiger partial charge in [0.25, 0.3) is 0 Å². The number of nitrogens with zero attached hydrogens (tertiary/aromatic N) is 1. The van der Waals surface area contributed by atoms with E-state index in [1.165, 1.54) is 0 Å². The van der Waals surface area contributed by atoms with Crippen molar-refractivity contribution in [2.75, 3.05) is 0 Å². The first-order valence-corrected chi connectivity index (χ1v) is 5.13. The maximum atomic E-state index is 11.7. The average molecular weight is 246 g/mol. The summed E-state index contributed by atoms with van der Waals surface area (Å²) in [6.07, 6.45) is -1.17. The number of ether oxygens (including phenoxy) is 1. The van der Waals surface area contributed by atoms with Gasteiger partial charge in [-0.15, -0.1) is 0 Å². The molecule has 1 aromatic carbocycles. The van der Waals surface area contributed by atoms with Crippen molar-refractivity contribution in [3.63, 3.8) is 0 Å². The normalized spacial score (nSPS) is 10.1. The maximum absolute atomic E-state index is 11.7. The minimum Gasteiger partial charge on any atom is -0.373 e. The first-order valence-electron chi connectivity index (χ1n) is 5.13. The van der Waals surface area contributed by atoms with Gasteiger partial charge in [0.05, 0.1) is 5.69 Å². The van der Waals surface area contributed by atoms with Crippen molar-refractivity contribution in [2.45, 2.75) is 6.92 Å². The molecule has 0 bridgehead atoms. The Kier molecular flexibility index (Phi) is 3.09. The van der Waals surface area contributed by atoms with Crippen molar-refractivity contribution < 1.29 is 18.8 Å². The Labute approximate surface area is 102 Å². The third-order valence-electron chi connectivity index (χ3n) is 2.30. The van der Waals surface area contributed by atoms with Gasteiger partial charge in [-0.05, 0) is 6.92 Å². The second kappa shape index (κ2) is 4.70. The van der Waals surface area contributed by atoms with Gasteiger partial charge in [0, 0.05) is 5.56 Å². The lowest BCUT2D eigenvalue weighted by molar-refractivity contribution is 0.0638. The highest BCUT2D eigenvalue weighted by Crippen LogP contribution is 2.26. The smallest absolute Gasteiger partial charge is 0.373 e. The standard InChI is InChI=1S/C12H10N2O4/c1-7-9(11(15)17-12(13)16)10(18-14-7)8-5-3-2-4-6-8/h2-6H,1H3,(H2,13,16). The van der Waals surface area contributed by atoms with Crippen molar-refractivity contribution in [3.8, 4) is 11.3 Å². The molecule has 0 aliphatic heterocycles. The molecule has 1 aromatic heterocycles. The van der Waals surface area contributed by atoms with Crippen LogP contribution in [0.5, 0.6) is 0 Å². The number of amides is 1. The van der Waals surface area contributed by atoms with Crippen LogP contribution in [0.15, 0.2) is 34.9 Å². The summed E-state index contributed by atoms with van der Waals surface area (Å²) in [5.74, 6) is -0.626. The highest BCUT2D eigenvalue weighted by atomic mass is 16.6. The zero-order valence-electron chi connectivity index (χ0n) is 9.54. The van der Waals surface area contributed by atoms with Crippen LogP contribution in [-0.2, 0) is 4.74 Å². The Balaban J connectivity index is 2.45. The van der Waals surface area contributed by atoms with Crippen molar-refractivity contribution in [1.82, 2.24) is 5.16 Å². The molecular weight excluding hydrogens is 236 g/mol. The number of hydrogen-bond donors (Lipinski definition) is 1. The Morgan fingerprint density at radius 1 is 1.28 bits per heavy atom. The SMILES string of the molecule is Cc1noc(-c2ccccc2)c1C(=O)OC(N)=O. The number of carbonyl (C=O) groups is 2. The minimum atomic E-state index is -1.17. The van der Waals surface area contributed by atoms with Crippen LogP contribution in [0.2, 0.25) is 0 Å². The third-order valence-corrected chi connectivity index (χ3v) is 2.30. The topological polar surface area (TPSA) is 95.4 Å². The number of aryl methyl sites for hydroxylation is 1. The van der Waals surface area contributed by atoms with Gasteiger partial charge >= 0.3 is 12.1 Å². The molecule has 0 unspecified atom stereocenters. The fourth-order valence-corrected chi connectivity index (χ4v) is 1.54. The highest BCUT2D eigenvalue weighted by Gasteiger charge is 2.24. The van der Waals surface area contributed by atoms with Crippen molar-refractivity contribution in [1.29, 1.82) is 0 Å². The van der Waals surface area contributed by atoms with E-state index in [-0.39, 0.29) is 11.3 Å². The summed E-state index contributed by atoms with van der Waals surface area (Å²) >= 11 is 0. The number of hydrogen-bond acceptors (Lipinski definition) is 5. The Morgan fingerprint density at radius 2 is 1.94 bits per heavy atom. The van der Waals surface area contributed by atoms with Gasteiger partial charge in [0.1, 0.15) is 5.56 Å². The van der Waals surface area contributed by atoms with Crippen LogP contribution in [0.4, 0.5) is 4.79 Å². The molecule has 0 aliphatic rings. The fourth-order valence-electron chi connectivity index (χ4n) is 1.54. The summed E-state index contributed by atoms with van der Waals surface area (Å²) < 4.78 is 9.42. The summed E-state index contributed by atoms with van der Waals surface area (Å²) in [7, 11) is 0. The summed E-state index contributed by atoms with van der Waals surface area (Å²) in [5, 5.41) is 3.69. The molecule has 0 saturated carbocycles. The molecule has 6 heteroatoms. The number of rotatable bonds is 2. The highest BCUT2D eigenvalue weighted by molar-refractivity contribution is 6.01. The van der Waals surface area contributed by atoms with E-state index in [0.29, 0.717) is 11.3 Å². The summed E-state index contributed by atoms with van der Waals surface area (Å²) in [5.41, 5.74) is 5.90. The predicted octanol–water partition coefficient (Wildman–Crippen LogP) is 1.89. The molecular formula is C12H10N2O4. The largest absolute Gasteiger partial charge is 0.412 e. The van der Waals surface area contributed by atoms with Crippen LogP contribution in [-0.4, -0.2) is 17.2 Å². The molecule has 0 atom stereocenters. The van der Waals surface area contributed by atoms with Gasteiger partial charge < -0.3 is 15.0 Å². The molecule has 0 saturated heterocycles. The van der Waals surface area contributed by atoms with Gasteiger partial charge in [0.2, 0.25) is 0 Å². The second-order valence-corrected chi connectivity index (χ2v) is 3.55. The zero-order valence-corrected chi connectivity index (χ0v) is 9.54. The maximum Gasteiger partial charge on any atom is 0.412 e. The molecule has 2 N–H and O–H groups in total. The lowest BCUT2D eigenvalue weighted by Crippen LogP contribution is -2.19. The van der Waals surface area contributed by atoms with E-state index >= 15 is 0 Å². The van der Waals surface area contributed by atoms with Gasteiger partial charge in [-0.3, -0.25) is 0 Å². The zero-order chi connectivity index (χ0) is 13.1. The second-order valence-electron chi connectivity index (χ2n) is 3.55. The molecule has 2 rings (SSSR count). The van der Waals surface area contributed by atoms with E-state index < -0.39 is 12.1 Å². The van der Waals surface area contributed by atoms with Gasteiger partial charge in [0.15, 0.2) is 5.76 Å².